The first-order valence-electron chi connectivity index (χ1n) is 10.3. The van der Waals surface area contributed by atoms with Crippen molar-refractivity contribution in [3.05, 3.63) is 65.5 Å². The molecule has 1 atom stereocenters. The van der Waals surface area contributed by atoms with Gasteiger partial charge in [0.25, 0.3) is 0 Å². The lowest BCUT2D eigenvalue weighted by Crippen LogP contribution is -2.59. The fourth-order valence-electron chi connectivity index (χ4n) is 4.23. The molecule has 7 nitrogen and oxygen atoms in total. The number of hydrogen-bond donors (Lipinski definition) is 0. The van der Waals surface area contributed by atoms with Crippen LogP contribution in [0.5, 0.6) is 0 Å². The number of aromatic nitrogens is 1. The summed E-state index contributed by atoms with van der Waals surface area (Å²) in [4.78, 5) is 47.8. The number of nitrogens with zero attached hydrogens (tertiary/aromatic N) is 4. The van der Waals surface area contributed by atoms with E-state index in [9.17, 15) is 14.4 Å². The van der Waals surface area contributed by atoms with Crippen LogP contribution in [0.1, 0.15) is 23.1 Å². The molecule has 0 saturated carbocycles. The van der Waals surface area contributed by atoms with E-state index >= 15 is 0 Å². The van der Waals surface area contributed by atoms with Crippen molar-refractivity contribution in [2.75, 3.05) is 26.2 Å². The summed E-state index contributed by atoms with van der Waals surface area (Å²) in [5.41, 5.74) is 3.01. The Morgan fingerprint density at radius 2 is 1.93 bits per heavy atom. The van der Waals surface area contributed by atoms with Gasteiger partial charge >= 0.3 is 0 Å². The van der Waals surface area contributed by atoms with E-state index < -0.39 is 6.04 Å². The predicted molar refractivity (Wildman–Crippen MR) is 111 cm³/mol. The molecule has 0 aliphatic carbocycles. The van der Waals surface area contributed by atoms with Gasteiger partial charge in [-0.25, -0.2) is 0 Å². The van der Waals surface area contributed by atoms with Gasteiger partial charge < -0.3 is 14.7 Å². The lowest BCUT2D eigenvalue weighted by molar-refractivity contribution is -0.156. The topological polar surface area (TPSA) is 73.8 Å². The monoisotopic (exact) mass is 406 g/mol. The molecule has 30 heavy (non-hydrogen) atoms. The average Bonchev–Trinajstić information content (AvgIpc) is 2.96. The molecule has 4 rings (SSSR count). The molecule has 0 N–H and O–H groups in total. The molecule has 3 amide bonds. The first-order valence-corrected chi connectivity index (χ1v) is 10.3. The van der Waals surface area contributed by atoms with Crippen molar-refractivity contribution in [1.29, 1.82) is 0 Å². The minimum atomic E-state index is -0.493. The van der Waals surface area contributed by atoms with Gasteiger partial charge in [0.05, 0.1) is 6.42 Å². The minimum Gasteiger partial charge on any atom is -0.341 e. The van der Waals surface area contributed by atoms with Gasteiger partial charge in [-0.3, -0.25) is 19.4 Å². The maximum Gasteiger partial charge on any atom is 0.246 e. The zero-order valence-corrected chi connectivity index (χ0v) is 17.2. The van der Waals surface area contributed by atoms with Gasteiger partial charge in [0.15, 0.2) is 0 Å². The lowest BCUT2D eigenvalue weighted by atomic mass is 10.1. The van der Waals surface area contributed by atoms with Crippen molar-refractivity contribution in [3.63, 3.8) is 0 Å². The van der Waals surface area contributed by atoms with Gasteiger partial charge in [0.2, 0.25) is 17.7 Å². The molecule has 1 aromatic heterocycles. The first-order chi connectivity index (χ1) is 14.5. The normalized spacial score (nSPS) is 19.5. The smallest absolute Gasteiger partial charge is 0.246 e. The number of fused-ring (bicyclic) bond motifs is 1. The SMILES string of the molecule is Cc1cccc(CN2CC(=O)N3CCN(C(=O)Cc4cccnc4)CCC3C2=O)c1. The Kier molecular flexibility index (Phi) is 5.79. The maximum atomic E-state index is 13.1. The molecule has 2 saturated heterocycles. The molecular formula is C23H26N4O3. The molecule has 2 aliphatic rings. The number of carbonyl (C=O) groups is 3. The summed E-state index contributed by atoms with van der Waals surface area (Å²) in [6, 6.07) is 11.2. The van der Waals surface area contributed by atoms with Crippen molar-refractivity contribution < 1.29 is 14.4 Å². The third kappa shape index (κ3) is 4.35. The highest BCUT2D eigenvalue weighted by atomic mass is 16.2. The predicted octanol–water partition coefficient (Wildman–Crippen LogP) is 1.40. The number of hydrogen-bond acceptors (Lipinski definition) is 4. The molecular weight excluding hydrogens is 380 g/mol. The number of pyridine rings is 1. The van der Waals surface area contributed by atoms with E-state index in [4.69, 9.17) is 0 Å². The summed E-state index contributed by atoms with van der Waals surface area (Å²) in [6.45, 7) is 3.85. The van der Waals surface area contributed by atoms with Crippen LogP contribution in [-0.2, 0) is 27.3 Å². The Morgan fingerprint density at radius 1 is 1.10 bits per heavy atom. The van der Waals surface area contributed by atoms with Crippen molar-refractivity contribution in [2.24, 2.45) is 0 Å². The van der Waals surface area contributed by atoms with E-state index in [0.29, 0.717) is 32.6 Å². The highest BCUT2D eigenvalue weighted by Gasteiger charge is 2.41. The van der Waals surface area contributed by atoms with Gasteiger partial charge in [0, 0.05) is 38.6 Å². The van der Waals surface area contributed by atoms with Crippen LogP contribution < -0.4 is 0 Å². The van der Waals surface area contributed by atoms with Crippen LogP contribution in [-0.4, -0.2) is 69.6 Å². The molecule has 1 aromatic carbocycles. The van der Waals surface area contributed by atoms with Crippen molar-refractivity contribution in [1.82, 2.24) is 19.7 Å². The number of carbonyl (C=O) groups excluding carboxylic acids is 3. The second kappa shape index (κ2) is 8.65. The molecule has 1 unspecified atom stereocenters. The highest BCUT2D eigenvalue weighted by Crippen LogP contribution is 2.21. The number of amides is 3. The Bertz CT molecular complexity index is 946. The van der Waals surface area contributed by atoms with E-state index in [-0.39, 0.29) is 30.7 Å². The third-order valence-corrected chi connectivity index (χ3v) is 5.79. The lowest BCUT2D eigenvalue weighted by Gasteiger charge is -2.39. The van der Waals surface area contributed by atoms with Gasteiger partial charge in [-0.15, -0.1) is 0 Å². The van der Waals surface area contributed by atoms with Gasteiger partial charge in [0.1, 0.15) is 12.6 Å². The molecule has 2 aliphatic heterocycles. The standard InChI is InChI=1S/C23H26N4O3/c1-17-4-2-5-19(12-17)15-26-16-22(29)27-11-10-25(9-7-20(27)23(26)30)21(28)13-18-6-3-8-24-14-18/h2-6,8,12,14,20H,7,9-11,13,15-16H2,1H3. The number of aryl methyl sites for hydroxylation is 1. The Labute approximate surface area is 176 Å². The minimum absolute atomic E-state index is 0.000591. The summed E-state index contributed by atoms with van der Waals surface area (Å²) in [7, 11) is 0. The molecule has 2 fully saturated rings. The van der Waals surface area contributed by atoms with Crippen molar-refractivity contribution in [3.8, 4) is 0 Å². The zero-order valence-electron chi connectivity index (χ0n) is 17.2. The summed E-state index contributed by atoms with van der Waals surface area (Å²) in [5, 5.41) is 0. The average molecular weight is 406 g/mol. The van der Waals surface area contributed by atoms with E-state index in [2.05, 4.69) is 4.98 Å². The van der Waals surface area contributed by atoms with Crippen LogP contribution in [0, 0.1) is 6.92 Å². The van der Waals surface area contributed by atoms with E-state index in [1.54, 1.807) is 27.1 Å². The number of piperazine rings is 1. The third-order valence-electron chi connectivity index (χ3n) is 5.79. The fraction of sp³-hybridized carbons (Fsp3) is 0.391. The van der Waals surface area contributed by atoms with Crippen LogP contribution in [0.2, 0.25) is 0 Å². The molecule has 3 heterocycles. The molecule has 0 spiro atoms. The maximum absolute atomic E-state index is 13.1. The largest absolute Gasteiger partial charge is 0.341 e. The molecule has 156 valence electrons. The summed E-state index contributed by atoms with van der Waals surface area (Å²) in [5.74, 6) is -0.0779. The van der Waals surface area contributed by atoms with E-state index in [0.717, 1.165) is 16.7 Å². The molecule has 0 radical (unpaired) electrons. The van der Waals surface area contributed by atoms with Gasteiger partial charge in [-0.05, 0) is 30.5 Å². The second-order valence-electron chi connectivity index (χ2n) is 7.99. The first kappa shape index (κ1) is 20.1. The van der Waals surface area contributed by atoms with Crippen LogP contribution in [0.15, 0.2) is 48.8 Å². The van der Waals surface area contributed by atoms with Crippen LogP contribution in [0.3, 0.4) is 0 Å². The van der Waals surface area contributed by atoms with Crippen LogP contribution >= 0.6 is 0 Å². The van der Waals surface area contributed by atoms with Crippen LogP contribution in [0.25, 0.3) is 0 Å². The number of rotatable bonds is 4. The Hall–Kier alpha value is -3.22. The fourth-order valence-corrected chi connectivity index (χ4v) is 4.23. The Balaban J connectivity index is 1.43. The quantitative estimate of drug-likeness (QED) is 0.770. The van der Waals surface area contributed by atoms with E-state index in [1.165, 1.54) is 0 Å². The van der Waals surface area contributed by atoms with Crippen LogP contribution in [0.4, 0.5) is 0 Å². The van der Waals surface area contributed by atoms with Gasteiger partial charge in [-0.1, -0.05) is 35.9 Å². The zero-order chi connectivity index (χ0) is 21.1. The second-order valence-corrected chi connectivity index (χ2v) is 7.99. The summed E-state index contributed by atoms with van der Waals surface area (Å²) < 4.78 is 0. The van der Waals surface area contributed by atoms with Crippen molar-refractivity contribution in [2.45, 2.75) is 32.4 Å². The molecule has 0 bridgehead atoms. The molecule has 2 aromatic rings. The summed E-state index contributed by atoms with van der Waals surface area (Å²) >= 11 is 0. The Morgan fingerprint density at radius 3 is 2.70 bits per heavy atom. The highest BCUT2D eigenvalue weighted by molar-refractivity contribution is 5.95. The number of benzene rings is 1. The van der Waals surface area contributed by atoms with E-state index in [1.807, 2.05) is 43.3 Å². The van der Waals surface area contributed by atoms with Gasteiger partial charge in [-0.2, -0.15) is 0 Å². The summed E-state index contributed by atoms with van der Waals surface area (Å²) in [6.07, 6.45) is 4.11. The molecule has 7 heteroatoms. The van der Waals surface area contributed by atoms with Crippen molar-refractivity contribution >= 4 is 17.7 Å².